The molecule has 1 aromatic rings. The van der Waals surface area contributed by atoms with E-state index in [1.165, 1.54) is 4.90 Å². The Bertz CT molecular complexity index is 618. The predicted molar refractivity (Wildman–Crippen MR) is 115 cm³/mol. The highest BCUT2D eigenvalue weighted by atomic mass is 127. The largest absolute Gasteiger partial charge is 0.401 e. The van der Waals surface area contributed by atoms with E-state index in [1.54, 1.807) is 4.68 Å². The number of aliphatic imine (C=N–C) groups is 1. The van der Waals surface area contributed by atoms with Gasteiger partial charge in [-0.05, 0) is 27.4 Å². The number of nitrogens with zero attached hydrogens (tertiary/aromatic N) is 5. The maximum atomic E-state index is 12.6. The molecule has 1 fully saturated rings. The van der Waals surface area contributed by atoms with Crippen molar-refractivity contribution in [3.8, 4) is 0 Å². The van der Waals surface area contributed by atoms with E-state index < -0.39 is 12.7 Å². The lowest BCUT2D eigenvalue weighted by molar-refractivity contribution is -0.143. The summed E-state index contributed by atoms with van der Waals surface area (Å²) in [6.45, 7) is 3.11. The zero-order valence-electron chi connectivity index (χ0n) is 16.8. The van der Waals surface area contributed by atoms with Gasteiger partial charge in [0, 0.05) is 44.5 Å². The molecule has 0 aliphatic carbocycles. The molecule has 1 aliphatic heterocycles. The quantitative estimate of drug-likeness (QED) is 0.329. The highest BCUT2D eigenvalue weighted by molar-refractivity contribution is 14.0. The number of aryl methyl sites for hydroxylation is 1. The Labute approximate surface area is 181 Å². The van der Waals surface area contributed by atoms with Crippen LogP contribution < -0.4 is 10.6 Å². The van der Waals surface area contributed by atoms with E-state index in [0.29, 0.717) is 38.6 Å². The Hall–Kier alpha value is -1.08. The molecule has 2 atom stereocenters. The first-order valence-corrected chi connectivity index (χ1v) is 9.17. The van der Waals surface area contributed by atoms with Crippen LogP contribution in [0, 0.1) is 0 Å². The summed E-state index contributed by atoms with van der Waals surface area (Å²) in [5, 5.41) is 10.7. The lowest BCUT2D eigenvalue weighted by atomic mass is 10.1. The van der Waals surface area contributed by atoms with E-state index in [-0.39, 0.29) is 36.1 Å². The van der Waals surface area contributed by atoms with Crippen molar-refractivity contribution in [2.75, 3.05) is 46.8 Å². The molecule has 1 aliphatic rings. The molecule has 7 nitrogen and oxygen atoms in total. The summed E-state index contributed by atoms with van der Waals surface area (Å²) in [7, 11) is 5.84. The van der Waals surface area contributed by atoms with Gasteiger partial charge in [-0.15, -0.1) is 24.0 Å². The Morgan fingerprint density at radius 1 is 1.43 bits per heavy atom. The molecule has 1 aromatic heterocycles. The van der Waals surface area contributed by atoms with Gasteiger partial charge in [0.1, 0.15) is 0 Å². The first-order chi connectivity index (χ1) is 12.7. The van der Waals surface area contributed by atoms with Gasteiger partial charge in [-0.3, -0.25) is 14.6 Å². The molecule has 28 heavy (non-hydrogen) atoms. The van der Waals surface area contributed by atoms with E-state index in [1.807, 2.05) is 40.5 Å². The predicted octanol–water partition coefficient (Wildman–Crippen LogP) is 1.83. The summed E-state index contributed by atoms with van der Waals surface area (Å²) in [4.78, 5) is 8.16. The Morgan fingerprint density at radius 3 is 2.68 bits per heavy atom. The van der Waals surface area contributed by atoms with Crippen LogP contribution >= 0.6 is 24.0 Å². The van der Waals surface area contributed by atoms with Crippen molar-refractivity contribution >= 4 is 29.9 Å². The summed E-state index contributed by atoms with van der Waals surface area (Å²) >= 11 is 0. The monoisotopic (exact) mass is 517 g/mol. The molecule has 1 saturated heterocycles. The summed E-state index contributed by atoms with van der Waals surface area (Å²) in [6.07, 6.45) is 0.301. The standard InChI is InChI=1S/C17H30F3N7.HI/c1-5-21-16(24-14-6-7-27(11-14)12-17(18,19)20)22-9-15(25(2)3)13-8-23-26(4)10-13;/h8,10,14-15H,5-7,9,11-12H2,1-4H3,(H2,21,22,24);1H. The van der Waals surface area contributed by atoms with Crippen molar-refractivity contribution in [3.63, 3.8) is 0 Å². The second kappa shape index (κ2) is 11.2. The van der Waals surface area contributed by atoms with Crippen molar-refractivity contribution in [1.29, 1.82) is 0 Å². The number of halogens is 4. The fourth-order valence-corrected chi connectivity index (χ4v) is 3.22. The molecule has 0 radical (unpaired) electrons. The smallest absolute Gasteiger partial charge is 0.357 e. The summed E-state index contributed by atoms with van der Waals surface area (Å²) in [5.74, 6) is 0.632. The number of hydrogen-bond donors (Lipinski definition) is 2. The van der Waals surface area contributed by atoms with Crippen LogP contribution in [0.1, 0.15) is 24.9 Å². The van der Waals surface area contributed by atoms with E-state index in [2.05, 4.69) is 25.6 Å². The number of likely N-dealkylation sites (N-methyl/N-ethyl adjacent to an activating group) is 1. The first kappa shape index (κ1) is 25.0. The van der Waals surface area contributed by atoms with E-state index >= 15 is 0 Å². The lowest BCUT2D eigenvalue weighted by Crippen LogP contribution is -2.45. The molecule has 0 amide bonds. The topological polar surface area (TPSA) is 60.7 Å². The van der Waals surface area contributed by atoms with Crippen LogP contribution in [0.2, 0.25) is 0 Å². The minimum atomic E-state index is -4.16. The third-order valence-electron chi connectivity index (χ3n) is 4.52. The van der Waals surface area contributed by atoms with E-state index in [4.69, 9.17) is 0 Å². The molecule has 162 valence electrons. The number of alkyl halides is 3. The summed E-state index contributed by atoms with van der Waals surface area (Å²) in [6, 6.07) is 0.0285. The number of guanidine groups is 1. The lowest BCUT2D eigenvalue weighted by Gasteiger charge is -2.23. The highest BCUT2D eigenvalue weighted by Gasteiger charge is 2.34. The number of aromatic nitrogens is 2. The number of hydrogen-bond acceptors (Lipinski definition) is 4. The van der Waals surface area contributed by atoms with Gasteiger partial charge in [0.05, 0.1) is 25.3 Å². The third-order valence-corrected chi connectivity index (χ3v) is 4.52. The van der Waals surface area contributed by atoms with E-state index in [0.717, 1.165) is 5.56 Å². The molecule has 2 rings (SSSR count). The van der Waals surface area contributed by atoms with Gasteiger partial charge in [0.15, 0.2) is 5.96 Å². The Morgan fingerprint density at radius 2 is 2.14 bits per heavy atom. The first-order valence-electron chi connectivity index (χ1n) is 9.17. The van der Waals surface area contributed by atoms with Crippen LogP contribution in [0.3, 0.4) is 0 Å². The maximum Gasteiger partial charge on any atom is 0.401 e. The van der Waals surface area contributed by atoms with Crippen LogP contribution in [0.25, 0.3) is 0 Å². The second-order valence-corrected chi connectivity index (χ2v) is 7.13. The maximum absolute atomic E-state index is 12.6. The van der Waals surface area contributed by atoms with Gasteiger partial charge in [-0.1, -0.05) is 0 Å². The fraction of sp³-hybridized carbons (Fsp3) is 0.765. The van der Waals surface area contributed by atoms with Gasteiger partial charge in [-0.2, -0.15) is 18.3 Å². The molecule has 11 heteroatoms. The van der Waals surface area contributed by atoms with Gasteiger partial charge < -0.3 is 15.5 Å². The normalized spacial score (nSPS) is 19.6. The van der Waals surface area contributed by atoms with E-state index in [9.17, 15) is 13.2 Å². The molecule has 0 saturated carbocycles. The molecule has 0 bridgehead atoms. The minimum Gasteiger partial charge on any atom is -0.357 e. The van der Waals surface area contributed by atoms with Gasteiger partial charge in [-0.25, -0.2) is 0 Å². The Balaban J connectivity index is 0.00000392. The zero-order valence-corrected chi connectivity index (χ0v) is 19.2. The SMILES string of the molecule is CCNC(=NCC(c1cnn(C)c1)N(C)C)NC1CCN(CC(F)(F)F)C1.I. The average Bonchev–Trinajstić information content (AvgIpc) is 3.15. The zero-order chi connectivity index (χ0) is 20.0. The van der Waals surface area contributed by atoms with Gasteiger partial charge in [0.25, 0.3) is 0 Å². The van der Waals surface area contributed by atoms with Gasteiger partial charge >= 0.3 is 6.18 Å². The number of rotatable bonds is 7. The van der Waals surface area contributed by atoms with Crippen molar-refractivity contribution in [2.45, 2.75) is 31.6 Å². The molecule has 0 spiro atoms. The second-order valence-electron chi connectivity index (χ2n) is 7.13. The van der Waals surface area contributed by atoms with Crippen molar-refractivity contribution in [1.82, 2.24) is 30.2 Å². The molecular weight excluding hydrogens is 486 g/mol. The van der Waals surface area contributed by atoms with Gasteiger partial charge in [0.2, 0.25) is 0 Å². The van der Waals surface area contributed by atoms with Crippen LogP contribution in [-0.4, -0.2) is 84.6 Å². The number of nitrogens with one attached hydrogen (secondary N) is 2. The van der Waals surface area contributed by atoms with Crippen molar-refractivity contribution in [3.05, 3.63) is 18.0 Å². The number of likely N-dealkylation sites (tertiary alicyclic amines) is 1. The highest BCUT2D eigenvalue weighted by Crippen LogP contribution is 2.20. The summed E-state index contributed by atoms with van der Waals surface area (Å²) in [5.41, 5.74) is 1.07. The molecule has 2 unspecified atom stereocenters. The fourth-order valence-electron chi connectivity index (χ4n) is 3.22. The average molecular weight is 517 g/mol. The molecule has 0 aromatic carbocycles. The van der Waals surface area contributed by atoms with Crippen molar-refractivity contribution < 1.29 is 13.2 Å². The van der Waals surface area contributed by atoms with Crippen LogP contribution in [-0.2, 0) is 7.05 Å². The summed E-state index contributed by atoms with van der Waals surface area (Å²) < 4.78 is 39.4. The minimum absolute atomic E-state index is 0. The van der Waals surface area contributed by atoms with Crippen molar-refractivity contribution in [2.24, 2.45) is 12.0 Å². The molecule has 2 N–H and O–H groups in total. The van der Waals surface area contributed by atoms with Crippen LogP contribution in [0.4, 0.5) is 13.2 Å². The van der Waals surface area contributed by atoms with Crippen LogP contribution in [0.15, 0.2) is 17.4 Å². The molecular formula is C17H31F3IN7. The Kier molecular flexibility index (Phi) is 9.98. The van der Waals surface area contributed by atoms with Crippen LogP contribution in [0.5, 0.6) is 0 Å². The third kappa shape index (κ3) is 8.11. The molecule has 2 heterocycles.